The topological polar surface area (TPSA) is 43.1 Å². The molecule has 0 bridgehead atoms. The molecule has 102 valence electrons. The summed E-state index contributed by atoms with van der Waals surface area (Å²) in [6.45, 7) is 8.52. The van der Waals surface area contributed by atoms with Crippen LogP contribution in [-0.2, 0) is 5.41 Å². The molecule has 0 unspecified atom stereocenters. The minimum atomic E-state index is -0.0415. The van der Waals surface area contributed by atoms with Crippen LogP contribution >= 0.6 is 0 Å². The summed E-state index contributed by atoms with van der Waals surface area (Å²) >= 11 is 0. The second kappa shape index (κ2) is 4.40. The summed E-state index contributed by atoms with van der Waals surface area (Å²) in [6.07, 6.45) is 5.62. The zero-order chi connectivity index (χ0) is 14.3. The molecule has 0 radical (unpaired) electrons. The monoisotopic (exact) mass is 266 g/mol. The number of aryl methyl sites for hydroxylation is 1. The van der Waals surface area contributed by atoms with Crippen molar-refractivity contribution in [1.82, 2.24) is 19.4 Å². The molecule has 20 heavy (non-hydrogen) atoms. The summed E-state index contributed by atoms with van der Waals surface area (Å²) in [5.41, 5.74) is 4.25. The molecule has 4 nitrogen and oxygen atoms in total. The van der Waals surface area contributed by atoms with Gasteiger partial charge in [-0.3, -0.25) is 9.38 Å². The Balaban J connectivity index is 2.37. The number of fused-ring (bicyclic) bond motifs is 1. The molecule has 0 saturated carbocycles. The Morgan fingerprint density at radius 2 is 1.90 bits per heavy atom. The average molecular weight is 266 g/mol. The van der Waals surface area contributed by atoms with E-state index in [1.165, 1.54) is 0 Å². The van der Waals surface area contributed by atoms with Crippen LogP contribution in [0.4, 0.5) is 0 Å². The van der Waals surface area contributed by atoms with E-state index in [4.69, 9.17) is 4.98 Å². The van der Waals surface area contributed by atoms with Gasteiger partial charge in [0.25, 0.3) is 0 Å². The van der Waals surface area contributed by atoms with E-state index >= 15 is 0 Å². The van der Waals surface area contributed by atoms with Gasteiger partial charge in [-0.05, 0) is 25.1 Å². The molecular weight excluding hydrogens is 248 g/mol. The van der Waals surface area contributed by atoms with E-state index in [2.05, 4.69) is 41.2 Å². The Morgan fingerprint density at radius 1 is 1.10 bits per heavy atom. The van der Waals surface area contributed by atoms with Gasteiger partial charge in [-0.25, -0.2) is 9.97 Å². The molecule has 3 aromatic rings. The maximum absolute atomic E-state index is 4.72. The van der Waals surface area contributed by atoms with E-state index in [-0.39, 0.29) is 5.41 Å². The Morgan fingerprint density at radius 3 is 2.60 bits per heavy atom. The predicted molar refractivity (Wildman–Crippen MR) is 79.7 cm³/mol. The van der Waals surface area contributed by atoms with Crippen molar-refractivity contribution in [2.24, 2.45) is 0 Å². The molecule has 0 saturated heterocycles. The van der Waals surface area contributed by atoms with Gasteiger partial charge in [0.1, 0.15) is 0 Å². The molecule has 3 rings (SSSR count). The van der Waals surface area contributed by atoms with Crippen LogP contribution in [-0.4, -0.2) is 19.4 Å². The summed E-state index contributed by atoms with van der Waals surface area (Å²) in [7, 11) is 0. The van der Waals surface area contributed by atoms with Gasteiger partial charge < -0.3 is 0 Å². The summed E-state index contributed by atoms with van der Waals surface area (Å²) in [5.74, 6) is 0.738. The van der Waals surface area contributed by atoms with Gasteiger partial charge in [0.2, 0.25) is 5.78 Å². The fourth-order valence-electron chi connectivity index (χ4n) is 2.38. The number of imidazole rings is 1. The lowest BCUT2D eigenvalue weighted by Crippen LogP contribution is -2.13. The van der Waals surface area contributed by atoms with Gasteiger partial charge in [-0.1, -0.05) is 20.8 Å². The first kappa shape index (κ1) is 12.8. The van der Waals surface area contributed by atoms with E-state index in [1.54, 1.807) is 6.20 Å². The molecule has 0 aliphatic heterocycles. The van der Waals surface area contributed by atoms with Crippen molar-refractivity contribution in [2.75, 3.05) is 0 Å². The molecule has 0 aliphatic carbocycles. The average Bonchev–Trinajstić information content (AvgIpc) is 2.78. The number of hydrogen-bond acceptors (Lipinski definition) is 3. The SMILES string of the molecule is Cc1cc(-c2c(C(C)(C)C)nc3ncccn23)ccn1. The Kier molecular flexibility index (Phi) is 2.82. The largest absolute Gasteiger partial charge is 0.283 e. The summed E-state index contributed by atoms with van der Waals surface area (Å²) in [5, 5.41) is 0. The van der Waals surface area contributed by atoms with E-state index in [0.29, 0.717) is 0 Å². The number of aromatic nitrogens is 4. The Bertz CT molecular complexity index is 765. The van der Waals surface area contributed by atoms with Crippen molar-refractivity contribution < 1.29 is 0 Å². The van der Waals surface area contributed by atoms with Crippen LogP contribution in [0.15, 0.2) is 36.8 Å². The van der Waals surface area contributed by atoms with E-state index in [9.17, 15) is 0 Å². The first-order valence-electron chi connectivity index (χ1n) is 6.73. The van der Waals surface area contributed by atoms with E-state index < -0.39 is 0 Å². The van der Waals surface area contributed by atoms with E-state index in [1.807, 2.05) is 31.5 Å². The van der Waals surface area contributed by atoms with Crippen LogP contribution < -0.4 is 0 Å². The molecule has 0 amide bonds. The van der Waals surface area contributed by atoms with Crippen LogP contribution in [0.3, 0.4) is 0 Å². The number of nitrogens with zero attached hydrogens (tertiary/aromatic N) is 4. The smallest absolute Gasteiger partial charge is 0.234 e. The van der Waals surface area contributed by atoms with Gasteiger partial charge in [0, 0.05) is 35.3 Å². The van der Waals surface area contributed by atoms with Crippen molar-refractivity contribution in [1.29, 1.82) is 0 Å². The third kappa shape index (κ3) is 2.07. The first-order chi connectivity index (χ1) is 9.47. The zero-order valence-electron chi connectivity index (χ0n) is 12.3. The molecular formula is C16H18N4. The Hall–Kier alpha value is -2.23. The number of pyridine rings is 1. The van der Waals surface area contributed by atoms with Crippen LogP contribution in [0.25, 0.3) is 17.0 Å². The third-order valence-corrected chi connectivity index (χ3v) is 3.28. The van der Waals surface area contributed by atoms with Crippen LogP contribution in [0.2, 0.25) is 0 Å². The van der Waals surface area contributed by atoms with Gasteiger partial charge in [-0.15, -0.1) is 0 Å². The van der Waals surface area contributed by atoms with Crippen LogP contribution in [0.5, 0.6) is 0 Å². The van der Waals surface area contributed by atoms with Gasteiger partial charge in [0.15, 0.2) is 0 Å². The predicted octanol–water partition coefficient (Wildman–Crippen LogP) is 3.40. The highest BCUT2D eigenvalue weighted by atomic mass is 15.1. The van der Waals surface area contributed by atoms with Crippen LogP contribution in [0, 0.1) is 6.92 Å². The molecule has 0 N–H and O–H groups in total. The van der Waals surface area contributed by atoms with Gasteiger partial charge in [-0.2, -0.15) is 0 Å². The minimum Gasteiger partial charge on any atom is -0.283 e. The molecule has 0 aliphatic rings. The van der Waals surface area contributed by atoms with Gasteiger partial charge in [0.05, 0.1) is 11.4 Å². The zero-order valence-corrected chi connectivity index (χ0v) is 12.3. The summed E-state index contributed by atoms with van der Waals surface area (Å²) in [6, 6.07) is 6.04. The van der Waals surface area contributed by atoms with Crippen LogP contribution in [0.1, 0.15) is 32.2 Å². The number of rotatable bonds is 1. The summed E-state index contributed by atoms with van der Waals surface area (Å²) in [4.78, 5) is 13.4. The van der Waals surface area contributed by atoms with Crippen molar-refractivity contribution in [2.45, 2.75) is 33.1 Å². The highest BCUT2D eigenvalue weighted by Crippen LogP contribution is 2.32. The van der Waals surface area contributed by atoms with Gasteiger partial charge >= 0.3 is 0 Å². The van der Waals surface area contributed by atoms with E-state index in [0.717, 1.165) is 28.4 Å². The molecule has 0 aromatic carbocycles. The molecule has 0 atom stereocenters. The van der Waals surface area contributed by atoms with Crippen molar-refractivity contribution in [3.8, 4) is 11.3 Å². The summed E-state index contributed by atoms with van der Waals surface area (Å²) < 4.78 is 2.05. The first-order valence-corrected chi connectivity index (χ1v) is 6.73. The third-order valence-electron chi connectivity index (χ3n) is 3.28. The molecule has 3 aromatic heterocycles. The Labute approximate surface area is 118 Å². The lowest BCUT2D eigenvalue weighted by molar-refractivity contribution is 0.575. The number of hydrogen-bond donors (Lipinski definition) is 0. The second-order valence-corrected chi connectivity index (χ2v) is 6.03. The highest BCUT2D eigenvalue weighted by molar-refractivity contribution is 5.67. The molecule has 0 fully saturated rings. The van der Waals surface area contributed by atoms with Crippen molar-refractivity contribution in [3.63, 3.8) is 0 Å². The molecule has 0 spiro atoms. The lowest BCUT2D eigenvalue weighted by atomic mass is 9.89. The minimum absolute atomic E-state index is 0.0415. The maximum Gasteiger partial charge on any atom is 0.234 e. The lowest BCUT2D eigenvalue weighted by Gasteiger charge is -2.18. The standard InChI is InChI=1S/C16H18N4/c1-11-10-12(6-8-17-11)13-14(16(2,3)4)19-15-18-7-5-9-20(13)15/h5-10H,1-4H3. The molecule has 4 heteroatoms. The fraction of sp³-hybridized carbons (Fsp3) is 0.312. The van der Waals surface area contributed by atoms with Crippen molar-refractivity contribution >= 4 is 5.78 Å². The highest BCUT2D eigenvalue weighted by Gasteiger charge is 2.25. The second-order valence-electron chi connectivity index (χ2n) is 6.03. The fourth-order valence-corrected chi connectivity index (χ4v) is 2.38. The molecule has 3 heterocycles. The maximum atomic E-state index is 4.72. The van der Waals surface area contributed by atoms with Crippen molar-refractivity contribution in [3.05, 3.63) is 48.2 Å². The quantitative estimate of drug-likeness (QED) is 0.678. The normalized spacial score (nSPS) is 12.0.